The highest BCUT2D eigenvalue weighted by Crippen LogP contribution is 2.34. The third kappa shape index (κ3) is 3.87. The minimum atomic E-state index is -0.915. The Morgan fingerprint density at radius 3 is 2.77 bits per heavy atom. The van der Waals surface area contributed by atoms with E-state index in [1.807, 2.05) is 55.7 Å². The van der Waals surface area contributed by atoms with Crippen molar-refractivity contribution in [2.24, 2.45) is 7.05 Å². The normalized spacial score (nSPS) is 25.0. The average Bonchev–Trinajstić information content (AvgIpc) is 3.37. The SMILES string of the molecule is CN(c1ccc(-c2ccc(Cc3cnn(C)c3)cc2O)nn1)[C@H]1CC2CCC(N2)[C@H]1F. The van der Waals surface area contributed by atoms with Crippen molar-refractivity contribution in [3.63, 3.8) is 0 Å². The van der Waals surface area contributed by atoms with Gasteiger partial charge in [-0.3, -0.25) is 4.68 Å². The Labute approximate surface area is 180 Å². The first kappa shape index (κ1) is 19.9. The van der Waals surface area contributed by atoms with Crippen LogP contribution in [-0.4, -0.2) is 56.4 Å². The average molecular weight is 423 g/mol. The summed E-state index contributed by atoms with van der Waals surface area (Å²) < 4.78 is 16.6. The molecular weight excluding hydrogens is 395 g/mol. The molecule has 31 heavy (non-hydrogen) atoms. The summed E-state index contributed by atoms with van der Waals surface area (Å²) in [7, 11) is 3.77. The smallest absolute Gasteiger partial charge is 0.151 e. The van der Waals surface area contributed by atoms with Gasteiger partial charge in [-0.1, -0.05) is 6.07 Å². The predicted molar refractivity (Wildman–Crippen MR) is 117 cm³/mol. The van der Waals surface area contributed by atoms with Gasteiger partial charge in [0.05, 0.1) is 17.9 Å². The van der Waals surface area contributed by atoms with Gasteiger partial charge >= 0.3 is 0 Å². The second-order valence-corrected chi connectivity index (χ2v) is 8.73. The summed E-state index contributed by atoms with van der Waals surface area (Å²) in [5.41, 5.74) is 3.29. The van der Waals surface area contributed by atoms with Gasteiger partial charge in [-0.25, -0.2) is 4.39 Å². The summed E-state index contributed by atoms with van der Waals surface area (Å²) in [4.78, 5) is 1.91. The Hall–Kier alpha value is -3.00. The lowest BCUT2D eigenvalue weighted by Gasteiger charge is -2.38. The number of aromatic hydroxyl groups is 1. The number of alkyl halides is 1. The number of phenols is 1. The molecule has 5 rings (SSSR count). The van der Waals surface area contributed by atoms with E-state index in [0.717, 1.165) is 30.4 Å². The number of nitrogens with one attached hydrogen (secondary N) is 1. The van der Waals surface area contributed by atoms with Crippen molar-refractivity contribution in [1.82, 2.24) is 25.3 Å². The lowest BCUT2D eigenvalue weighted by molar-refractivity contribution is 0.176. The van der Waals surface area contributed by atoms with Crippen molar-refractivity contribution < 1.29 is 9.50 Å². The third-order valence-corrected chi connectivity index (χ3v) is 6.57. The molecule has 8 heteroatoms. The number of anilines is 1. The van der Waals surface area contributed by atoms with Crippen LogP contribution in [0.2, 0.25) is 0 Å². The van der Waals surface area contributed by atoms with Crippen molar-refractivity contribution in [1.29, 1.82) is 0 Å². The van der Waals surface area contributed by atoms with E-state index in [9.17, 15) is 9.50 Å². The van der Waals surface area contributed by atoms with Gasteiger partial charge in [0.25, 0.3) is 0 Å². The lowest BCUT2D eigenvalue weighted by atomic mass is 9.96. The molecule has 2 N–H and O–H groups in total. The number of aryl methyl sites for hydroxylation is 1. The third-order valence-electron chi connectivity index (χ3n) is 6.57. The highest BCUT2D eigenvalue weighted by atomic mass is 19.1. The van der Waals surface area contributed by atoms with Crippen molar-refractivity contribution in [2.75, 3.05) is 11.9 Å². The number of piperidine rings is 1. The van der Waals surface area contributed by atoms with Gasteiger partial charge in [-0.2, -0.15) is 5.10 Å². The fourth-order valence-corrected chi connectivity index (χ4v) is 4.88. The number of nitrogens with zero attached hydrogens (tertiary/aromatic N) is 5. The summed E-state index contributed by atoms with van der Waals surface area (Å²) >= 11 is 0. The van der Waals surface area contributed by atoms with Gasteiger partial charge in [0.15, 0.2) is 5.82 Å². The van der Waals surface area contributed by atoms with Crippen LogP contribution >= 0.6 is 0 Å². The van der Waals surface area contributed by atoms with Gasteiger partial charge in [0.1, 0.15) is 11.9 Å². The lowest BCUT2D eigenvalue weighted by Crippen LogP contribution is -2.55. The largest absolute Gasteiger partial charge is 0.507 e. The van der Waals surface area contributed by atoms with E-state index in [2.05, 4.69) is 20.6 Å². The molecule has 0 radical (unpaired) electrons. The van der Waals surface area contributed by atoms with E-state index in [0.29, 0.717) is 29.5 Å². The van der Waals surface area contributed by atoms with Crippen molar-refractivity contribution in [3.8, 4) is 17.0 Å². The molecule has 0 saturated carbocycles. The molecule has 2 fully saturated rings. The molecular formula is C23H27FN6O. The van der Waals surface area contributed by atoms with E-state index in [-0.39, 0.29) is 17.8 Å². The quantitative estimate of drug-likeness (QED) is 0.658. The Balaban J connectivity index is 1.31. The van der Waals surface area contributed by atoms with E-state index in [4.69, 9.17) is 0 Å². The van der Waals surface area contributed by atoms with E-state index < -0.39 is 6.17 Å². The molecule has 2 aliphatic rings. The van der Waals surface area contributed by atoms with E-state index in [1.165, 1.54) is 0 Å². The van der Waals surface area contributed by atoms with Gasteiger partial charge in [0.2, 0.25) is 0 Å². The topological polar surface area (TPSA) is 79.1 Å². The molecule has 0 aliphatic carbocycles. The number of hydrogen-bond acceptors (Lipinski definition) is 6. The summed E-state index contributed by atoms with van der Waals surface area (Å²) in [5.74, 6) is 0.806. The molecule has 7 nitrogen and oxygen atoms in total. The van der Waals surface area contributed by atoms with Crippen LogP contribution < -0.4 is 10.2 Å². The molecule has 2 bridgehead atoms. The Bertz CT molecular complexity index is 1070. The standard InChI is InChI=1S/C23H27FN6O/c1-29-13-15(12-25-29)9-14-3-5-17(21(31)10-14)18-7-8-22(28-27-18)30(2)20-11-16-4-6-19(26-16)23(20)24/h3,5,7-8,10,12-13,16,19-20,23,26,31H,4,6,9,11H2,1-2H3/t16?,19?,20-,23+/m0/s1. The molecule has 2 saturated heterocycles. The van der Waals surface area contributed by atoms with Gasteiger partial charge in [-0.15, -0.1) is 10.2 Å². The fourth-order valence-electron chi connectivity index (χ4n) is 4.88. The van der Waals surface area contributed by atoms with Gasteiger partial charge in [0, 0.05) is 44.4 Å². The zero-order valence-electron chi connectivity index (χ0n) is 17.7. The second-order valence-electron chi connectivity index (χ2n) is 8.73. The fraction of sp³-hybridized carbons (Fsp3) is 0.435. The van der Waals surface area contributed by atoms with Gasteiger partial charge in [-0.05, 0) is 54.7 Å². The first-order valence-electron chi connectivity index (χ1n) is 10.7. The van der Waals surface area contributed by atoms with Crippen LogP contribution in [0.25, 0.3) is 11.3 Å². The number of hydrogen-bond donors (Lipinski definition) is 2. The summed E-state index contributed by atoms with van der Waals surface area (Å²) in [6.45, 7) is 0. The molecule has 0 spiro atoms. The molecule has 2 aromatic heterocycles. The van der Waals surface area contributed by atoms with Crippen molar-refractivity contribution in [3.05, 3.63) is 53.9 Å². The van der Waals surface area contributed by atoms with Crippen LogP contribution in [0.5, 0.6) is 5.75 Å². The van der Waals surface area contributed by atoms with Crippen molar-refractivity contribution >= 4 is 5.82 Å². The predicted octanol–water partition coefficient (Wildman–Crippen LogP) is 2.84. The minimum absolute atomic E-state index is 0.0550. The van der Waals surface area contributed by atoms with Crippen LogP contribution in [0, 0.1) is 0 Å². The Morgan fingerprint density at radius 1 is 1.19 bits per heavy atom. The molecule has 162 valence electrons. The molecule has 1 aromatic carbocycles. The number of fused-ring (bicyclic) bond motifs is 2. The summed E-state index contributed by atoms with van der Waals surface area (Å²) in [6, 6.07) is 9.40. The highest BCUT2D eigenvalue weighted by Gasteiger charge is 2.43. The Morgan fingerprint density at radius 2 is 2.06 bits per heavy atom. The zero-order chi connectivity index (χ0) is 21.5. The first-order valence-corrected chi connectivity index (χ1v) is 10.7. The number of aromatic nitrogens is 4. The Kier molecular flexibility index (Phi) is 5.09. The summed E-state index contributed by atoms with van der Waals surface area (Å²) in [5, 5.41) is 26.8. The monoisotopic (exact) mass is 422 g/mol. The molecule has 4 heterocycles. The number of phenolic OH excluding ortho intramolecular Hbond substituents is 1. The highest BCUT2D eigenvalue weighted by molar-refractivity contribution is 5.67. The van der Waals surface area contributed by atoms with Crippen LogP contribution in [0.3, 0.4) is 0 Å². The maximum absolute atomic E-state index is 14.9. The molecule has 3 aromatic rings. The van der Waals surface area contributed by atoms with Crippen LogP contribution in [0.4, 0.5) is 10.2 Å². The van der Waals surface area contributed by atoms with E-state index >= 15 is 0 Å². The minimum Gasteiger partial charge on any atom is -0.507 e. The van der Waals surface area contributed by atoms with Gasteiger partial charge < -0.3 is 15.3 Å². The molecule has 4 atom stereocenters. The number of benzene rings is 1. The summed E-state index contributed by atoms with van der Waals surface area (Å²) in [6.07, 6.45) is 6.27. The molecule has 2 unspecified atom stereocenters. The maximum atomic E-state index is 14.9. The second kappa shape index (κ2) is 7.92. The first-order chi connectivity index (χ1) is 15.0. The number of halogens is 1. The molecule has 2 aliphatic heterocycles. The van der Waals surface area contributed by atoms with Crippen LogP contribution in [0.15, 0.2) is 42.7 Å². The maximum Gasteiger partial charge on any atom is 0.151 e. The van der Waals surface area contributed by atoms with Crippen molar-refractivity contribution in [2.45, 2.75) is 50.0 Å². The zero-order valence-corrected chi connectivity index (χ0v) is 17.7. The van der Waals surface area contributed by atoms with Crippen LogP contribution in [-0.2, 0) is 13.5 Å². The van der Waals surface area contributed by atoms with E-state index in [1.54, 1.807) is 10.7 Å². The molecule has 0 amide bonds. The number of rotatable bonds is 5. The van der Waals surface area contributed by atoms with Crippen LogP contribution in [0.1, 0.15) is 30.4 Å².